The Kier molecular flexibility index (Phi) is 5.31. The molecule has 8 heteroatoms. The summed E-state index contributed by atoms with van der Waals surface area (Å²) in [5, 5.41) is 16.1. The van der Waals surface area contributed by atoms with Gasteiger partial charge in [-0.15, -0.1) is 0 Å². The SMILES string of the molecule is COc1ccc([N+](=O)[O-])cc1NC(=O)CNc1ccc(C)c(F)c1. The van der Waals surface area contributed by atoms with Crippen molar-refractivity contribution in [2.24, 2.45) is 0 Å². The van der Waals surface area contributed by atoms with Crippen LogP contribution in [0.25, 0.3) is 0 Å². The van der Waals surface area contributed by atoms with Crippen LogP contribution in [0.1, 0.15) is 5.56 Å². The second-order valence-corrected chi connectivity index (χ2v) is 5.01. The number of nitro groups is 1. The number of amides is 1. The molecule has 24 heavy (non-hydrogen) atoms. The summed E-state index contributed by atoms with van der Waals surface area (Å²) in [7, 11) is 1.39. The highest BCUT2D eigenvalue weighted by molar-refractivity contribution is 5.95. The number of nitro benzene ring substituents is 1. The van der Waals surface area contributed by atoms with Gasteiger partial charge in [0, 0.05) is 17.8 Å². The molecule has 0 unspecified atom stereocenters. The Labute approximate surface area is 137 Å². The normalized spacial score (nSPS) is 10.1. The van der Waals surface area contributed by atoms with Gasteiger partial charge in [-0.1, -0.05) is 6.07 Å². The van der Waals surface area contributed by atoms with Crippen molar-refractivity contribution < 1.29 is 18.8 Å². The van der Waals surface area contributed by atoms with E-state index in [-0.39, 0.29) is 23.7 Å². The molecule has 0 heterocycles. The zero-order valence-corrected chi connectivity index (χ0v) is 13.1. The lowest BCUT2D eigenvalue weighted by Gasteiger charge is -2.11. The Morgan fingerprint density at radius 2 is 2.04 bits per heavy atom. The fourth-order valence-electron chi connectivity index (χ4n) is 1.99. The number of hydrogen-bond acceptors (Lipinski definition) is 5. The van der Waals surface area contributed by atoms with E-state index >= 15 is 0 Å². The monoisotopic (exact) mass is 333 g/mol. The van der Waals surface area contributed by atoms with E-state index in [1.807, 2.05) is 0 Å². The molecule has 0 aromatic heterocycles. The molecule has 0 aliphatic carbocycles. The van der Waals surface area contributed by atoms with E-state index < -0.39 is 10.8 Å². The largest absolute Gasteiger partial charge is 0.495 e. The summed E-state index contributed by atoms with van der Waals surface area (Å²) in [5.41, 5.74) is 0.985. The molecule has 0 saturated heterocycles. The van der Waals surface area contributed by atoms with Gasteiger partial charge in [0.15, 0.2) is 0 Å². The van der Waals surface area contributed by atoms with E-state index in [0.717, 1.165) is 0 Å². The second kappa shape index (κ2) is 7.40. The van der Waals surface area contributed by atoms with Gasteiger partial charge in [-0.25, -0.2) is 4.39 Å². The van der Waals surface area contributed by atoms with Crippen molar-refractivity contribution in [2.75, 3.05) is 24.3 Å². The van der Waals surface area contributed by atoms with Crippen LogP contribution in [0.5, 0.6) is 5.75 Å². The first-order valence-electron chi connectivity index (χ1n) is 7.03. The van der Waals surface area contributed by atoms with Gasteiger partial charge in [0.25, 0.3) is 5.69 Å². The van der Waals surface area contributed by atoms with Gasteiger partial charge in [0.2, 0.25) is 5.91 Å². The minimum Gasteiger partial charge on any atom is -0.495 e. The second-order valence-electron chi connectivity index (χ2n) is 5.01. The molecule has 0 aliphatic rings. The first kappa shape index (κ1) is 17.2. The van der Waals surface area contributed by atoms with Crippen LogP contribution < -0.4 is 15.4 Å². The predicted octanol–water partition coefficient (Wildman–Crippen LogP) is 3.10. The Bertz CT molecular complexity index is 780. The van der Waals surface area contributed by atoms with E-state index in [9.17, 15) is 19.3 Å². The first-order chi connectivity index (χ1) is 11.4. The van der Waals surface area contributed by atoms with E-state index in [4.69, 9.17) is 4.74 Å². The van der Waals surface area contributed by atoms with Gasteiger partial charge < -0.3 is 15.4 Å². The maximum Gasteiger partial charge on any atom is 0.271 e. The zero-order chi connectivity index (χ0) is 17.7. The van der Waals surface area contributed by atoms with Crippen molar-refractivity contribution in [1.82, 2.24) is 0 Å². The van der Waals surface area contributed by atoms with Crippen molar-refractivity contribution in [3.8, 4) is 5.75 Å². The number of carbonyl (C=O) groups is 1. The predicted molar refractivity (Wildman–Crippen MR) is 87.9 cm³/mol. The lowest BCUT2D eigenvalue weighted by atomic mass is 10.2. The topological polar surface area (TPSA) is 93.5 Å². The third-order valence-corrected chi connectivity index (χ3v) is 3.29. The molecule has 126 valence electrons. The number of rotatable bonds is 6. The van der Waals surface area contributed by atoms with Crippen LogP contribution in [-0.4, -0.2) is 24.5 Å². The maximum atomic E-state index is 13.4. The van der Waals surface area contributed by atoms with Crippen LogP contribution >= 0.6 is 0 Å². The highest BCUT2D eigenvalue weighted by Crippen LogP contribution is 2.28. The third kappa shape index (κ3) is 4.19. The minimum atomic E-state index is -0.567. The Morgan fingerprint density at radius 3 is 2.67 bits per heavy atom. The molecule has 0 saturated carbocycles. The summed E-state index contributed by atoms with van der Waals surface area (Å²) in [6.07, 6.45) is 0. The number of nitrogens with one attached hydrogen (secondary N) is 2. The van der Waals surface area contributed by atoms with Crippen molar-refractivity contribution >= 4 is 23.0 Å². The number of benzene rings is 2. The summed E-state index contributed by atoms with van der Waals surface area (Å²) in [6, 6.07) is 8.43. The molecule has 0 bridgehead atoms. The maximum absolute atomic E-state index is 13.4. The number of anilines is 2. The minimum absolute atomic E-state index is 0.131. The fraction of sp³-hybridized carbons (Fsp3) is 0.188. The van der Waals surface area contributed by atoms with Gasteiger partial charge in [-0.2, -0.15) is 0 Å². The van der Waals surface area contributed by atoms with Crippen molar-refractivity contribution in [1.29, 1.82) is 0 Å². The fourth-order valence-corrected chi connectivity index (χ4v) is 1.99. The highest BCUT2D eigenvalue weighted by atomic mass is 19.1. The van der Waals surface area contributed by atoms with Gasteiger partial charge in [-0.3, -0.25) is 14.9 Å². The number of hydrogen-bond donors (Lipinski definition) is 2. The number of ether oxygens (including phenoxy) is 1. The van der Waals surface area contributed by atoms with Gasteiger partial charge in [0.1, 0.15) is 11.6 Å². The van der Waals surface area contributed by atoms with Crippen LogP contribution in [0.4, 0.5) is 21.5 Å². The molecule has 0 fully saturated rings. The van der Waals surface area contributed by atoms with Crippen LogP contribution in [0, 0.1) is 22.9 Å². The molecule has 1 amide bonds. The average Bonchev–Trinajstić information content (AvgIpc) is 2.55. The molecule has 2 aromatic rings. The first-order valence-corrected chi connectivity index (χ1v) is 7.03. The molecule has 0 atom stereocenters. The number of nitrogens with zero attached hydrogens (tertiary/aromatic N) is 1. The quantitative estimate of drug-likeness (QED) is 0.626. The summed E-state index contributed by atoms with van der Waals surface area (Å²) in [4.78, 5) is 22.2. The number of methoxy groups -OCH3 is 1. The molecule has 0 aliphatic heterocycles. The molecule has 7 nitrogen and oxygen atoms in total. The summed E-state index contributed by atoms with van der Waals surface area (Å²) in [6.45, 7) is 1.51. The van der Waals surface area contributed by atoms with Gasteiger partial charge in [-0.05, 0) is 30.7 Å². The van der Waals surface area contributed by atoms with Crippen LogP contribution in [0.3, 0.4) is 0 Å². The number of aryl methyl sites for hydroxylation is 1. The summed E-state index contributed by atoms with van der Waals surface area (Å²) >= 11 is 0. The molecule has 0 spiro atoms. The van der Waals surface area contributed by atoms with Gasteiger partial charge in [0.05, 0.1) is 24.3 Å². The molecule has 0 radical (unpaired) electrons. The van der Waals surface area contributed by atoms with Gasteiger partial charge >= 0.3 is 0 Å². The lowest BCUT2D eigenvalue weighted by molar-refractivity contribution is -0.384. The highest BCUT2D eigenvalue weighted by Gasteiger charge is 2.13. The number of non-ortho nitro benzene ring substituents is 1. The van der Waals surface area contributed by atoms with E-state index in [2.05, 4.69) is 10.6 Å². The zero-order valence-electron chi connectivity index (χ0n) is 13.1. The van der Waals surface area contributed by atoms with Crippen LogP contribution in [0.2, 0.25) is 0 Å². The average molecular weight is 333 g/mol. The third-order valence-electron chi connectivity index (χ3n) is 3.29. The number of halogens is 1. The van der Waals surface area contributed by atoms with Crippen LogP contribution in [0.15, 0.2) is 36.4 Å². The Balaban J connectivity index is 2.04. The smallest absolute Gasteiger partial charge is 0.271 e. The lowest BCUT2D eigenvalue weighted by Crippen LogP contribution is -2.22. The molecular formula is C16H16FN3O4. The number of carbonyl (C=O) groups excluding carboxylic acids is 1. The van der Waals surface area contributed by atoms with Crippen LogP contribution in [-0.2, 0) is 4.79 Å². The molecule has 2 N–H and O–H groups in total. The van der Waals surface area contributed by atoms with Crippen molar-refractivity contribution in [2.45, 2.75) is 6.92 Å². The van der Waals surface area contributed by atoms with E-state index in [0.29, 0.717) is 17.0 Å². The van der Waals surface area contributed by atoms with E-state index in [1.165, 1.54) is 31.4 Å². The standard InChI is InChI=1S/C16H16FN3O4/c1-10-3-4-11(7-13(10)17)18-9-16(21)19-14-8-12(20(22)23)5-6-15(14)24-2/h3-8,18H,9H2,1-2H3,(H,19,21). The summed E-state index contributed by atoms with van der Waals surface area (Å²) < 4.78 is 18.5. The molecular weight excluding hydrogens is 317 g/mol. The Morgan fingerprint density at radius 1 is 1.29 bits per heavy atom. The van der Waals surface area contributed by atoms with Crippen molar-refractivity contribution in [3.05, 3.63) is 57.9 Å². The van der Waals surface area contributed by atoms with E-state index in [1.54, 1.807) is 19.1 Å². The molecule has 2 rings (SSSR count). The molecule has 2 aromatic carbocycles. The Hall–Kier alpha value is -3.16. The van der Waals surface area contributed by atoms with Crippen molar-refractivity contribution in [3.63, 3.8) is 0 Å². The summed E-state index contributed by atoms with van der Waals surface area (Å²) in [5.74, 6) is -0.522.